The maximum Gasteiger partial charge on any atom is 0.304 e. The molecule has 0 saturated carbocycles. The number of rotatable bonds is 11. The summed E-state index contributed by atoms with van der Waals surface area (Å²) in [7, 11) is 1.60. The minimum atomic E-state index is -0.758. The number of aliphatic carboxylic acids is 1. The van der Waals surface area contributed by atoms with Crippen LogP contribution in [0.3, 0.4) is 0 Å². The third-order valence-corrected chi connectivity index (χ3v) is 6.32. The van der Waals surface area contributed by atoms with Gasteiger partial charge in [-0.2, -0.15) is 0 Å². The average molecular weight is 440 g/mol. The normalized spacial score (nSPS) is 16.3. The van der Waals surface area contributed by atoms with E-state index in [0.29, 0.717) is 25.0 Å². The lowest BCUT2D eigenvalue weighted by molar-refractivity contribution is -0.137. The van der Waals surface area contributed by atoms with Crippen LogP contribution >= 0.6 is 0 Å². The second-order valence-corrected chi connectivity index (χ2v) is 8.68. The van der Waals surface area contributed by atoms with Crippen molar-refractivity contribution in [3.63, 3.8) is 0 Å². The molecule has 4 heterocycles. The van der Waals surface area contributed by atoms with Crippen LogP contribution in [0.1, 0.15) is 36.1 Å². The quantitative estimate of drug-likeness (QED) is 0.552. The Morgan fingerprint density at radius 1 is 1.31 bits per heavy atom. The van der Waals surface area contributed by atoms with E-state index in [2.05, 4.69) is 32.2 Å². The van der Waals surface area contributed by atoms with E-state index >= 15 is 0 Å². The second-order valence-electron chi connectivity index (χ2n) is 8.68. The summed E-state index contributed by atoms with van der Waals surface area (Å²) in [4.78, 5) is 24.9. The van der Waals surface area contributed by atoms with Crippen LogP contribution < -0.4 is 10.1 Å². The molecular formula is C24H33N5O3. The number of nitrogens with one attached hydrogen (secondary N) is 1. The molecule has 2 N–H and O–H groups in total. The highest BCUT2D eigenvalue weighted by molar-refractivity contribution is 5.66. The molecule has 0 unspecified atom stereocenters. The van der Waals surface area contributed by atoms with Crippen LogP contribution in [0.2, 0.25) is 0 Å². The highest BCUT2D eigenvalue weighted by atomic mass is 16.5. The predicted octanol–water partition coefficient (Wildman–Crippen LogP) is 2.44. The van der Waals surface area contributed by atoms with Crippen LogP contribution in [0.15, 0.2) is 30.5 Å². The number of ether oxygens (including phenoxy) is 1. The molecular weight excluding hydrogens is 406 g/mol. The minimum Gasteiger partial charge on any atom is -0.481 e. The molecule has 0 spiro atoms. The Bertz CT molecular complexity index is 899. The van der Waals surface area contributed by atoms with Crippen molar-refractivity contribution in [1.82, 2.24) is 19.8 Å². The highest BCUT2D eigenvalue weighted by Crippen LogP contribution is 2.22. The molecule has 4 rings (SSSR count). The summed E-state index contributed by atoms with van der Waals surface area (Å²) >= 11 is 0. The van der Waals surface area contributed by atoms with Gasteiger partial charge in [-0.3, -0.25) is 9.69 Å². The number of hydrogen-bond donors (Lipinski definition) is 2. The second kappa shape index (κ2) is 10.7. The van der Waals surface area contributed by atoms with Crippen molar-refractivity contribution >= 4 is 11.8 Å². The van der Waals surface area contributed by atoms with Gasteiger partial charge in [0.25, 0.3) is 0 Å². The number of fused-ring (bicyclic) bond motifs is 1. The lowest BCUT2D eigenvalue weighted by Crippen LogP contribution is -2.59. The van der Waals surface area contributed by atoms with Gasteiger partial charge >= 0.3 is 5.97 Å². The summed E-state index contributed by atoms with van der Waals surface area (Å²) in [6, 6.07) is 8.61. The van der Waals surface area contributed by atoms with Gasteiger partial charge < -0.3 is 20.1 Å². The van der Waals surface area contributed by atoms with E-state index in [0.717, 1.165) is 62.5 Å². The van der Waals surface area contributed by atoms with Crippen molar-refractivity contribution in [3.05, 3.63) is 47.3 Å². The summed E-state index contributed by atoms with van der Waals surface area (Å²) < 4.78 is 5.13. The lowest BCUT2D eigenvalue weighted by Gasteiger charge is -2.45. The van der Waals surface area contributed by atoms with Gasteiger partial charge in [-0.05, 0) is 49.4 Å². The van der Waals surface area contributed by atoms with Gasteiger partial charge in [0.05, 0.1) is 13.5 Å². The molecule has 0 atom stereocenters. The molecule has 8 nitrogen and oxygen atoms in total. The Morgan fingerprint density at radius 2 is 2.19 bits per heavy atom. The van der Waals surface area contributed by atoms with Crippen molar-refractivity contribution < 1.29 is 14.6 Å². The molecule has 0 amide bonds. The fourth-order valence-corrected chi connectivity index (χ4v) is 4.44. The number of carbonyl (C=O) groups is 1. The lowest BCUT2D eigenvalue weighted by atomic mass is 10.0. The maximum absolute atomic E-state index is 11.1. The first-order valence-electron chi connectivity index (χ1n) is 11.5. The van der Waals surface area contributed by atoms with Crippen LogP contribution in [-0.2, 0) is 24.2 Å². The van der Waals surface area contributed by atoms with Crippen molar-refractivity contribution in [2.45, 2.75) is 44.7 Å². The number of aromatic nitrogens is 2. The average Bonchev–Trinajstić information content (AvgIpc) is 2.78. The molecule has 0 bridgehead atoms. The molecule has 2 aliphatic rings. The Labute approximate surface area is 189 Å². The van der Waals surface area contributed by atoms with Crippen molar-refractivity contribution in [1.29, 1.82) is 0 Å². The third-order valence-electron chi connectivity index (χ3n) is 6.32. The smallest absolute Gasteiger partial charge is 0.304 e. The van der Waals surface area contributed by atoms with Gasteiger partial charge in [0.15, 0.2) is 0 Å². The standard InChI is InChI=1S/C24H33N5O3/c1-32-22-9-6-18(14-26-22)15-29(13-10-23(30)31)21-16-28(17-21)12-3-5-20-8-7-19-4-2-11-25-24(19)27-20/h6-9,14,21H,2-5,10-13,15-17H2,1H3,(H,25,27)(H,30,31). The van der Waals surface area contributed by atoms with Gasteiger partial charge in [0, 0.05) is 56.7 Å². The highest BCUT2D eigenvalue weighted by Gasteiger charge is 2.31. The zero-order valence-corrected chi connectivity index (χ0v) is 18.8. The fourth-order valence-electron chi connectivity index (χ4n) is 4.44. The first-order valence-corrected chi connectivity index (χ1v) is 11.5. The molecule has 1 fully saturated rings. The summed E-state index contributed by atoms with van der Waals surface area (Å²) in [5, 5.41) is 12.6. The van der Waals surface area contributed by atoms with E-state index in [1.165, 1.54) is 12.0 Å². The van der Waals surface area contributed by atoms with Crippen LogP contribution in [0, 0.1) is 0 Å². The molecule has 1 saturated heterocycles. The minimum absolute atomic E-state index is 0.151. The van der Waals surface area contributed by atoms with Crippen LogP contribution in [0.5, 0.6) is 5.88 Å². The summed E-state index contributed by atoms with van der Waals surface area (Å²) in [5.41, 5.74) is 3.56. The SMILES string of the molecule is COc1ccc(CN(CCC(=O)O)C2CN(CCCc3ccc4c(n3)NCCC4)C2)cn1. The summed E-state index contributed by atoms with van der Waals surface area (Å²) in [5.74, 6) is 0.899. The molecule has 0 aliphatic carbocycles. The van der Waals surface area contributed by atoms with Gasteiger partial charge in [-0.25, -0.2) is 9.97 Å². The van der Waals surface area contributed by atoms with Gasteiger partial charge in [-0.15, -0.1) is 0 Å². The van der Waals surface area contributed by atoms with E-state index in [9.17, 15) is 4.79 Å². The number of carboxylic acids is 1. The largest absolute Gasteiger partial charge is 0.481 e. The monoisotopic (exact) mass is 439 g/mol. The zero-order valence-electron chi connectivity index (χ0n) is 18.8. The number of aryl methyl sites for hydroxylation is 2. The number of methoxy groups -OCH3 is 1. The molecule has 32 heavy (non-hydrogen) atoms. The molecule has 2 aromatic rings. The van der Waals surface area contributed by atoms with E-state index < -0.39 is 5.97 Å². The van der Waals surface area contributed by atoms with Gasteiger partial charge in [0.2, 0.25) is 5.88 Å². The maximum atomic E-state index is 11.1. The first-order chi connectivity index (χ1) is 15.6. The Balaban J connectivity index is 1.24. The van der Waals surface area contributed by atoms with Gasteiger partial charge in [0.1, 0.15) is 5.82 Å². The Kier molecular flexibility index (Phi) is 7.55. The Hall–Kier alpha value is -2.71. The molecule has 0 aromatic carbocycles. The van der Waals surface area contributed by atoms with Crippen LogP contribution in [0.4, 0.5) is 5.82 Å². The van der Waals surface area contributed by atoms with E-state index in [1.54, 1.807) is 7.11 Å². The number of nitrogens with zero attached hydrogens (tertiary/aromatic N) is 4. The molecule has 2 aliphatic heterocycles. The number of carboxylic acid groups (broad SMARTS) is 1. The summed E-state index contributed by atoms with van der Waals surface area (Å²) in [6.07, 6.45) is 6.33. The zero-order chi connectivity index (χ0) is 22.3. The molecule has 172 valence electrons. The number of anilines is 1. The Morgan fingerprint density at radius 3 is 2.94 bits per heavy atom. The molecule has 2 aromatic heterocycles. The first kappa shape index (κ1) is 22.5. The predicted molar refractivity (Wildman–Crippen MR) is 123 cm³/mol. The van der Waals surface area contributed by atoms with E-state index in [-0.39, 0.29) is 6.42 Å². The molecule has 8 heteroatoms. The van der Waals surface area contributed by atoms with Crippen LogP contribution in [0.25, 0.3) is 0 Å². The fraction of sp³-hybridized carbons (Fsp3) is 0.542. The van der Waals surface area contributed by atoms with Crippen molar-refractivity contribution in [2.24, 2.45) is 0 Å². The topological polar surface area (TPSA) is 90.8 Å². The number of likely N-dealkylation sites (tertiary alicyclic amines) is 1. The third kappa shape index (κ3) is 5.95. The van der Waals surface area contributed by atoms with Crippen LogP contribution in [-0.4, -0.2) is 76.7 Å². The van der Waals surface area contributed by atoms with Gasteiger partial charge in [-0.1, -0.05) is 12.1 Å². The summed E-state index contributed by atoms with van der Waals surface area (Å²) in [6.45, 7) is 5.26. The number of hydrogen-bond acceptors (Lipinski definition) is 7. The molecule has 0 radical (unpaired) electrons. The van der Waals surface area contributed by atoms with Crippen molar-refractivity contribution in [2.75, 3.05) is 45.2 Å². The number of pyridine rings is 2. The van der Waals surface area contributed by atoms with E-state index in [4.69, 9.17) is 14.8 Å². The van der Waals surface area contributed by atoms with E-state index in [1.807, 2.05) is 18.3 Å². The van der Waals surface area contributed by atoms with Crippen molar-refractivity contribution in [3.8, 4) is 5.88 Å².